The highest BCUT2D eigenvalue weighted by Gasteiger charge is 2.31. The smallest absolute Gasteiger partial charge is 0.221 e. The molecule has 2 rings (SSSR count). The molecule has 0 unspecified atom stereocenters. The number of likely N-dealkylation sites (N-methyl/N-ethyl adjacent to an activating group) is 1. The van der Waals surface area contributed by atoms with E-state index in [0.717, 1.165) is 18.6 Å². The van der Waals surface area contributed by atoms with E-state index in [0.29, 0.717) is 38.5 Å². The Bertz CT molecular complexity index is 550. The molecule has 1 aromatic carbocycles. The SMILES string of the molecule is CNC(=O)C[C@H]1CC[C@@H](CNC(=O)CCCOc2ccccc2)N1C. The Balaban J connectivity index is 1.59. The lowest BCUT2D eigenvalue weighted by Gasteiger charge is -2.25. The second-order valence-corrected chi connectivity index (χ2v) is 6.50. The molecular weight excluding hydrogens is 318 g/mol. The number of rotatable bonds is 9. The van der Waals surface area contributed by atoms with Crippen molar-refractivity contribution in [3.05, 3.63) is 30.3 Å². The highest BCUT2D eigenvalue weighted by molar-refractivity contribution is 5.76. The number of nitrogens with one attached hydrogen (secondary N) is 2. The van der Waals surface area contributed by atoms with E-state index in [1.54, 1.807) is 7.05 Å². The number of carbonyl (C=O) groups excluding carboxylic acids is 2. The monoisotopic (exact) mass is 347 g/mol. The van der Waals surface area contributed by atoms with Gasteiger partial charge in [-0.25, -0.2) is 0 Å². The van der Waals surface area contributed by atoms with Gasteiger partial charge in [0, 0.05) is 38.5 Å². The number of likely N-dealkylation sites (tertiary alicyclic amines) is 1. The fourth-order valence-corrected chi connectivity index (χ4v) is 3.16. The van der Waals surface area contributed by atoms with Crippen LogP contribution >= 0.6 is 0 Å². The van der Waals surface area contributed by atoms with Gasteiger partial charge in [0.15, 0.2) is 0 Å². The third-order valence-corrected chi connectivity index (χ3v) is 4.78. The van der Waals surface area contributed by atoms with Crippen LogP contribution in [0.15, 0.2) is 30.3 Å². The molecule has 0 aromatic heterocycles. The minimum Gasteiger partial charge on any atom is -0.494 e. The molecule has 1 aliphatic rings. The van der Waals surface area contributed by atoms with Crippen LogP contribution in [-0.4, -0.2) is 56.0 Å². The number of para-hydroxylation sites is 1. The van der Waals surface area contributed by atoms with E-state index in [4.69, 9.17) is 4.74 Å². The van der Waals surface area contributed by atoms with Crippen molar-refractivity contribution in [2.24, 2.45) is 0 Å². The van der Waals surface area contributed by atoms with Crippen LogP contribution in [0, 0.1) is 0 Å². The summed E-state index contributed by atoms with van der Waals surface area (Å²) >= 11 is 0. The molecule has 0 radical (unpaired) electrons. The molecule has 1 heterocycles. The molecule has 25 heavy (non-hydrogen) atoms. The van der Waals surface area contributed by atoms with Gasteiger partial charge in [0.25, 0.3) is 0 Å². The summed E-state index contributed by atoms with van der Waals surface area (Å²) in [6.45, 7) is 1.17. The maximum atomic E-state index is 12.0. The predicted octanol–water partition coefficient (Wildman–Crippen LogP) is 1.56. The molecule has 1 aromatic rings. The number of hydrogen-bond donors (Lipinski definition) is 2. The Hall–Kier alpha value is -2.08. The molecule has 138 valence electrons. The normalized spacial score (nSPS) is 20.2. The van der Waals surface area contributed by atoms with E-state index >= 15 is 0 Å². The van der Waals surface area contributed by atoms with Gasteiger partial charge in [-0.15, -0.1) is 0 Å². The Morgan fingerprint density at radius 2 is 1.88 bits per heavy atom. The van der Waals surface area contributed by atoms with Crippen LogP contribution in [0.4, 0.5) is 0 Å². The molecule has 2 amide bonds. The highest BCUT2D eigenvalue weighted by Crippen LogP contribution is 2.24. The summed E-state index contributed by atoms with van der Waals surface area (Å²) in [7, 11) is 3.70. The maximum absolute atomic E-state index is 12.0. The average molecular weight is 347 g/mol. The van der Waals surface area contributed by atoms with Crippen LogP contribution in [0.3, 0.4) is 0 Å². The van der Waals surface area contributed by atoms with Gasteiger partial charge in [-0.3, -0.25) is 14.5 Å². The summed E-state index contributed by atoms with van der Waals surface area (Å²) in [5.74, 6) is 0.956. The molecule has 0 aliphatic carbocycles. The van der Waals surface area contributed by atoms with E-state index in [9.17, 15) is 9.59 Å². The zero-order valence-electron chi connectivity index (χ0n) is 15.2. The first kappa shape index (κ1) is 19.2. The first-order chi connectivity index (χ1) is 12.1. The van der Waals surface area contributed by atoms with Gasteiger partial charge < -0.3 is 15.4 Å². The zero-order valence-corrected chi connectivity index (χ0v) is 15.2. The van der Waals surface area contributed by atoms with Crippen molar-refractivity contribution < 1.29 is 14.3 Å². The molecule has 1 aliphatic heterocycles. The molecule has 2 atom stereocenters. The van der Waals surface area contributed by atoms with E-state index in [-0.39, 0.29) is 17.9 Å². The highest BCUT2D eigenvalue weighted by atomic mass is 16.5. The Morgan fingerprint density at radius 3 is 2.60 bits per heavy atom. The fraction of sp³-hybridized carbons (Fsp3) is 0.579. The van der Waals surface area contributed by atoms with Crippen molar-refractivity contribution in [2.75, 3.05) is 27.2 Å². The van der Waals surface area contributed by atoms with Crippen LogP contribution in [0.2, 0.25) is 0 Å². The van der Waals surface area contributed by atoms with Crippen LogP contribution in [0.5, 0.6) is 5.75 Å². The third kappa shape index (κ3) is 6.38. The quantitative estimate of drug-likeness (QED) is 0.665. The van der Waals surface area contributed by atoms with Crippen molar-refractivity contribution in [1.82, 2.24) is 15.5 Å². The van der Waals surface area contributed by atoms with Gasteiger partial charge >= 0.3 is 0 Å². The molecule has 6 nitrogen and oxygen atoms in total. The van der Waals surface area contributed by atoms with Crippen LogP contribution in [-0.2, 0) is 9.59 Å². The summed E-state index contributed by atoms with van der Waals surface area (Å²) in [6, 6.07) is 10.2. The lowest BCUT2D eigenvalue weighted by molar-refractivity contribution is -0.122. The van der Waals surface area contributed by atoms with Crippen molar-refractivity contribution in [2.45, 2.75) is 44.2 Å². The molecule has 0 spiro atoms. The van der Waals surface area contributed by atoms with Crippen LogP contribution in [0.1, 0.15) is 32.1 Å². The maximum Gasteiger partial charge on any atom is 0.221 e. The van der Waals surface area contributed by atoms with Crippen molar-refractivity contribution in [3.8, 4) is 5.75 Å². The minimum absolute atomic E-state index is 0.0554. The number of hydrogen-bond acceptors (Lipinski definition) is 4. The van der Waals surface area contributed by atoms with Gasteiger partial charge in [0.1, 0.15) is 5.75 Å². The lowest BCUT2D eigenvalue weighted by atomic mass is 10.1. The minimum atomic E-state index is 0.0554. The first-order valence-corrected chi connectivity index (χ1v) is 8.97. The summed E-state index contributed by atoms with van der Waals surface area (Å²) in [4.78, 5) is 25.7. The number of nitrogens with zero attached hydrogens (tertiary/aromatic N) is 1. The second-order valence-electron chi connectivity index (χ2n) is 6.50. The van der Waals surface area contributed by atoms with E-state index < -0.39 is 0 Å². The standard InChI is InChI=1S/C19H29N3O3/c1-20-19(24)13-15-10-11-16(22(15)2)14-21-18(23)9-6-12-25-17-7-4-3-5-8-17/h3-5,7-8,15-16H,6,9-14H2,1-2H3,(H,20,24)(H,21,23)/t15-,16+/m1/s1. The number of carbonyl (C=O) groups is 2. The summed E-state index contributed by atoms with van der Waals surface area (Å²) in [6.07, 6.45) is 3.69. The van der Waals surface area contributed by atoms with Gasteiger partial charge in [-0.05, 0) is 38.4 Å². The van der Waals surface area contributed by atoms with Gasteiger partial charge in [0.05, 0.1) is 6.61 Å². The van der Waals surface area contributed by atoms with Crippen molar-refractivity contribution in [1.29, 1.82) is 0 Å². The van der Waals surface area contributed by atoms with E-state index in [1.165, 1.54) is 0 Å². The van der Waals surface area contributed by atoms with Crippen molar-refractivity contribution >= 4 is 11.8 Å². The molecule has 6 heteroatoms. The fourth-order valence-electron chi connectivity index (χ4n) is 3.16. The Kier molecular flexibility index (Phi) is 7.73. The number of amides is 2. The molecule has 1 fully saturated rings. The Labute approximate surface area is 149 Å². The Morgan fingerprint density at radius 1 is 1.16 bits per heavy atom. The molecule has 2 N–H and O–H groups in total. The van der Waals surface area contributed by atoms with Gasteiger partial charge in [-0.1, -0.05) is 18.2 Å². The van der Waals surface area contributed by atoms with Gasteiger partial charge in [0.2, 0.25) is 11.8 Å². The van der Waals surface area contributed by atoms with Crippen LogP contribution < -0.4 is 15.4 Å². The topological polar surface area (TPSA) is 70.7 Å². The van der Waals surface area contributed by atoms with E-state index in [1.807, 2.05) is 37.4 Å². The largest absolute Gasteiger partial charge is 0.494 e. The molecule has 0 saturated carbocycles. The number of ether oxygens (including phenoxy) is 1. The molecule has 1 saturated heterocycles. The van der Waals surface area contributed by atoms with Gasteiger partial charge in [-0.2, -0.15) is 0 Å². The third-order valence-electron chi connectivity index (χ3n) is 4.78. The molecular formula is C19H29N3O3. The van der Waals surface area contributed by atoms with E-state index in [2.05, 4.69) is 15.5 Å². The van der Waals surface area contributed by atoms with Crippen LogP contribution in [0.25, 0.3) is 0 Å². The average Bonchev–Trinajstić information content (AvgIpc) is 2.97. The predicted molar refractivity (Wildman–Crippen MR) is 97.4 cm³/mol. The summed E-state index contributed by atoms with van der Waals surface area (Å²) < 4.78 is 5.59. The zero-order chi connectivity index (χ0) is 18.1. The first-order valence-electron chi connectivity index (χ1n) is 8.97. The second kappa shape index (κ2) is 10.0. The molecule has 0 bridgehead atoms. The lowest BCUT2D eigenvalue weighted by Crippen LogP contribution is -2.42. The number of benzene rings is 1. The summed E-state index contributed by atoms with van der Waals surface area (Å²) in [5.41, 5.74) is 0. The summed E-state index contributed by atoms with van der Waals surface area (Å²) in [5, 5.41) is 5.68. The van der Waals surface area contributed by atoms with Crippen molar-refractivity contribution in [3.63, 3.8) is 0 Å².